The molecule has 3 aromatic rings. The van der Waals surface area contributed by atoms with Gasteiger partial charge in [0, 0.05) is 25.4 Å². The molecule has 0 spiro atoms. The summed E-state index contributed by atoms with van der Waals surface area (Å²) in [5.74, 6) is 0. The normalized spacial score (nSPS) is 10.6. The van der Waals surface area contributed by atoms with Gasteiger partial charge in [0.1, 0.15) is 0 Å². The van der Waals surface area contributed by atoms with Crippen molar-refractivity contribution in [1.82, 2.24) is 19.6 Å². The molecular formula is C14H15N5. The van der Waals surface area contributed by atoms with Crippen LogP contribution in [0.2, 0.25) is 0 Å². The van der Waals surface area contributed by atoms with Crippen LogP contribution in [0.15, 0.2) is 55.1 Å². The minimum Gasteiger partial charge on any atom is -0.378 e. The van der Waals surface area contributed by atoms with Gasteiger partial charge in [-0.3, -0.25) is 4.68 Å². The van der Waals surface area contributed by atoms with Crippen molar-refractivity contribution in [1.29, 1.82) is 0 Å². The maximum atomic E-state index is 4.34. The lowest BCUT2D eigenvalue weighted by atomic mass is 10.3. The zero-order valence-corrected chi connectivity index (χ0v) is 10.7. The zero-order valence-electron chi connectivity index (χ0n) is 10.7. The molecule has 2 heterocycles. The first-order valence-electron chi connectivity index (χ1n) is 6.13. The van der Waals surface area contributed by atoms with E-state index in [1.165, 1.54) is 0 Å². The van der Waals surface area contributed by atoms with Crippen LogP contribution in [-0.4, -0.2) is 19.6 Å². The number of aromatic nitrogens is 4. The van der Waals surface area contributed by atoms with E-state index in [0.29, 0.717) is 0 Å². The van der Waals surface area contributed by atoms with E-state index in [1.807, 2.05) is 66.8 Å². The molecule has 2 aromatic heterocycles. The molecule has 0 fully saturated rings. The molecule has 5 heteroatoms. The average Bonchev–Trinajstić information content (AvgIpc) is 3.06. The Labute approximate surface area is 111 Å². The van der Waals surface area contributed by atoms with Crippen molar-refractivity contribution in [2.75, 3.05) is 5.32 Å². The van der Waals surface area contributed by atoms with Gasteiger partial charge in [0.2, 0.25) is 0 Å². The van der Waals surface area contributed by atoms with E-state index < -0.39 is 0 Å². The van der Waals surface area contributed by atoms with Gasteiger partial charge in [0.05, 0.1) is 30.0 Å². The summed E-state index contributed by atoms with van der Waals surface area (Å²) in [4.78, 5) is 0. The van der Waals surface area contributed by atoms with E-state index >= 15 is 0 Å². The van der Waals surface area contributed by atoms with Gasteiger partial charge in [-0.25, -0.2) is 4.68 Å². The third kappa shape index (κ3) is 2.65. The summed E-state index contributed by atoms with van der Waals surface area (Å²) in [5, 5.41) is 11.8. The van der Waals surface area contributed by atoms with Crippen molar-refractivity contribution in [3.8, 4) is 5.69 Å². The first-order chi connectivity index (χ1) is 9.31. The number of para-hydroxylation sites is 1. The summed E-state index contributed by atoms with van der Waals surface area (Å²) in [7, 11) is 1.91. The molecule has 0 saturated heterocycles. The summed E-state index contributed by atoms with van der Waals surface area (Å²) in [6.45, 7) is 0.744. The largest absolute Gasteiger partial charge is 0.378 e. The van der Waals surface area contributed by atoms with Crippen LogP contribution in [0.1, 0.15) is 5.56 Å². The lowest BCUT2D eigenvalue weighted by molar-refractivity contribution is 0.767. The number of benzene rings is 1. The molecule has 96 valence electrons. The molecule has 0 aliphatic rings. The summed E-state index contributed by atoms with van der Waals surface area (Å²) in [5.41, 5.74) is 3.19. The van der Waals surface area contributed by atoms with Crippen molar-refractivity contribution in [2.24, 2.45) is 7.05 Å². The van der Waals surface area contributed by atoms with E-state index in [0.717, 1.165) is 23.5 Å². The highest BCUT2D eigenvalue weighted by Gasteiger charge is 2.01. The van der Waals surface area contributed by atoms with Gasteiger partial charge in [0.15, 0.2) is 0 Å². The highest BCUT2D eigenvalue weighted by molar-refractivity contribution is 5.42. The first-order valence-corrected chi connectivity index (χ1v) is 6.13. The predicted molar refractivity (Wildman–Crippen MR) is 74.1 cm³/mol. The van der Waals surface area contributed by atoms with Crippen LogP contribution in [0.4, 0.5) is 5.69 Å². The Morgan fingerprint density at radius 1 is 1.05 bits per heavy atom. The van der Waals surface area contributed by atoms with Crippen molar-refractivity contribution in [3.63, 3.8) is 0 Å². The van der Waals surface area contributed by atoms with Crippen LogP contribution >= 0.6 is 0 Å². The maximum Gasteiger partial charge on any atom is 0.0733 e. The number of anilines is 1. The highest BCUT2D eigenvalue weighted by Crippen LogP contribution is 2.12. The second-order valence-corrected chi connectivity index (χ2v) is 4.38. The minimum atomic E-state index is 0.744. The van der Waals surface area contributed by atoms with Gasteiger partial charge in [-0.2, -0.15) is 10.2 Å². The SMILES string of the molecule is Cn1cc(CNc2cnn(-c3ccccc3)c2)cn1. The Balaban J connectivity index is 1.68. The average molecular weight is 253 g/mol. The number of hydrogen-bond donors (Lipinski definition) is 1. The molecule has 5 nitrogen and oxygen atoms in total. The van der Waals surface area contributed by atoms with Crippen molar-refractivity contribution >= 4 is 5.69 Å². The fourth-order valence-electron chi connectivity index (χ4n) is 1.90. The predicted octanol–water partition coefficient (Wildman–Crippen LogP) is 2.22. The second kappa shape index (κ2) is 4.97. The van der Waals surface area contributed by atoms with E-state index in [2.05, 4.69) is 15.5 Å². The van der Waals surface area contributed by atoms with Crippen LogP contribution in [0, 0.1) is 0 Å². The third-order valence-electron chi connectivity index (χ3n) is 2.86. The van der Waals surface area contributed by atoms with E-state index in [4.69, 9.17) is 0 Å². The van der Waals surface area contributed by atoms with Crippen molar-refractivity contribution in [3.05, 3.63) is 60.7 Å². The summed E-state index contributed by atoms with van der Waals surface area (Å²) in [6, 6.07) is 10.0. The number of aryl methyl sites for hydroxylation is 1. The Kier molecular flexibility index (Phi) is 3.02. The first kappa shape index (κ1) is 11.5. The summed E-state index contributed by atoms with van der Waals surface area (Å²) in [6.07, 6.45) is 7.65. The lowest BCUT2D eigenvalue weighted by Gasteiger charge is -2.01. The molecular weight excluding hydrogens is 238 g/mol. The van der Waals surface area contributed by atoms with Crippen LogP contribution in [0.5, 0.6) is 0 Å². The number of rotatable bonds is 4. The summed E-state index contributed by atoms with van der Waals surface area (Å²) < 4.78 is 3.65. The molecule has 0 bridgehead atoms. The fourth-order valence-corrected chi connectivity index (χ4v) is 1.90. The number of nitrogens with zero attached hydrogens (tertiary/aromatic N) is 4. The highest BCUT2D eigenvalue weighted by atomic mass is 15.3. The monoisotopic (exact) mass is 253 g/mol. The molecule has 0 aliphatic heterocycles. The molecule has 0 unspecified atom stereocenters. The Morgan fingerprint density at radius 2 is 1.89 bits per heavy atom. The number of nitrogens with one attached hydrogen (secondary N) is 1. The van der Waals surface area contributed by atoms with Gasteiger partial charge in [-0.1, -0.05) is 18.2 Å². The van der Waals surface area contributed by atoms with Gasteiger partial charge < -0.3 is 5.32 Å². The quantitative estimate of drug-likeness (QED) is 0.775. The standard InChI is InChI=1S/C14H15N5/c1-18-10-12(8-16-18)7-15-13-9-17-19(11-13)14-5-3-2-4-6-14/h2-6,8-11,15H,7H2,1H3. The second-order valence-electron chi connectivity index (χ2n) is 4.38. The molecule has 1 N–H and O–H groups in total. The molecule has 0 aliphatic carbocycles. The van der Waals surface area contributed by atoms with Crippen LogP contribution in [-0.2, 0) is 13.6 Å². The number of hydrogen-bond acceptors (Lipinski definition) is 3. The van der Waals surface area contributed by atoms with E-state index in [-0.39, 0.29) is 0 Å². The zero-order chi connectivity index (χ0) is 13.1. The van der Waals surface area contributed by atoms with Crippen LogP contribution in [0.3, 0.4) is 0 Å². The molecule has 1 aromatic carbocycles. The molecule has 0 amide bonds. The minimum absolute atomic E-state index is 0.744. The van der Waals surface area contributed by atoms with E-state index in [9.17, 15) is 0 Å². The fraction of sp³-hybridized carbons (Fsp3) is 0.143. The smallest absolute Gasteiger partial charge is 0.0733 e. The van der Waals surface area contributed by atoms with Gasteiger partial charge in [0.25, 0.3) is 0 Å². The van der Waals surface area contributed by atoms with Crippen molar-refractivity contribution < 1.29 is 0 Å². The molecule has 0 radical (unpaired) electrons. The van der Waals surface area contributed by atoms with Gasteiger partial charge in [-0.15, -0.1) is 0 Å². The van der Waals surface area contributed by atoms with Gasteiger partial charge in [-0.05, 0) is 12.1 Å². The molecule has 0 saturated carbocycles. The molecule has 0 atom stereocenters. The Hall–Kier alpha value is -2.56. The van der Waals surface area contributed by atoms with E-state index in [1.54, 1.807) is 4.68 Å². The van der Waals surface area contributed by atoms with Crippen LogP contribution < -0.4 is 5.32 Å². The van der Waals surface area contributed by atoms with Crippen LogP contribution in [0.25, 0.3) is 5.69 Å². The Morgan fingerprint density at radius 3 is 2.63 bits per heavy atom. The maximum absolute atomic E-state index is 4.34. The summed E-state index contributed by atoms with van der Waals surface area (Å²) >= 11 is 0. The van der Waals surface area contributed by atoms with Gasteiger partial charge >= 0.3 is 0 Å². The lowest BCUT2D eigenvalue weighted by Crippen LogP contribution is -1.97. The Bertz CT molecular complexity index is 653. The van der Waals surface area contributed by atoms with Crippen molar-refractivity contribution in [2.45, 2.75) is 6.54 Å². The topological polar surface area (TPSA) is 47.7 Å². The molecule has 3 rings (SSSR count). The third-order valence-corrected chi connectivity index (χ3v) is 2.86. The molecule has 19 heavy (non-hydrogen) atoms.